The molecule has 1 heterocycles. The zero-order valence-corrected chi connectivity index (χ0v) is 9.26. The second-order valence-electron chi connectivity index (χ2n) is 4.12. The summed E-state index contributed by atoms with van der Waals surface area (Å²) < 4.78 is 0. The average molecular weight is 237 g/mol. The van der Waals surface area contributed by atoms with Gasteiger partial charge in [0.05, 0.1) is 6.10 Å². The third-order valence-electron chi connectivity index (χ3n) is 2.94. The molecule has 0 fully saturated rings. The van der Waals surface area contributed by atoms with Crippen LogP contribution in [0.2, 0.25) is 0 Å². The van der Waals surface area contributed by atoms with Gasteiger partial charge in [-0.05, 0) is 23.6 Å². The van der Waals surface area contributed by atoms with E-state index in [9.17, 15) is 15.0 Å². The fourth-order valence-electron chi connectivity index (χ4n) is 1.95. The van der Waals surface area contributed by atoms with Crippen molar-refractivity contribution in [2.75, 3.05) is 6.61 Å². The molecule has 1 aliphatic rings. The molecule has 1 aromatic rings. The first kappa shape index (κ1) is 12.0. The van der Waals surface area contributed by atoms with E-state index in [0.29, 0.717) is 17.7 Å². The molecule has 0 saturated carbocycles. The lowest BCUT2D eigenvalue weighted by Gasteiger charge is -2.17. The van der Waals surface area contributed by atoms with E-state index in [1.165, 1.54) is 0 Å². The van der Waals surface area contributed by atoms with Gasteiger partial charge in [-0.25, -0.2) is 0 Å². The maximum absolute atomic E-state index is 11.3. The van der Waals surface area contributed by atoms with Gasteiger partial charge in [0.2, 0.25) is 0 Å². The highest BCUT2D eigenvalue weighted by molar-refractivity contribution is 5.98. The molecule has 2 rings (SSSR count). The highest BCUT2D eigenvalue weighted by Crippen LogP contribution is 2.24. The lowest BCUT2D eigenvalue weighted by atomic mass is 9.98. The van der Waals surface area contributed by atoms with Crippen LogP contribution in [0, 0.1) is 0 Å². The number of carbonyl (C=O) groups is 1. The molecule has 17 heavy (non-hydrogen) atoms. The maximum atomic E-state index is 11.3. The number of aliphatic hydroxyl groups is 3. The molecule has 4 N–H and O–H groups in total. The number of hydrogen-bond acceptors (Lipinski definition) is 4. The molecule has 2 unspecified atom stereocenters. The summed E-state index contributed by atoms with van der Waals surface area (Å²) >= 11 is 0. The summed E-state index contributed by atoms with van der Waals surface area (Å²) in [5.41, 5.74) is 1.99. The Bertz CT molecular complexity index is 433. The van der Waals surface area contributed by atoms with Gasteiger partial charge in [-0.2, -0.15) is 0 Å². The minimum absolute atomic E-state index is 0.114. The van der Waals surface area contributed by atoms with Crippen molar-refractivity contribution in [2.45, 2.75) is 25.2 Å². The van der Waals surface area contributed by atoms with Crippen LogP contribution in [0.5, 0.6) is 0 Å². The number of fused-ring (bicyclic) bond motifs is 1. The van der Waals surface area contributed by atoms with Crippen LogP contribution in [0.4, 0.5) is 0 Å². The molecule has 1 aliphatic heterocycles. The fraction of sp³-hybridized carbons (Fsp3) is 0.417. The minimum Gasteiger partial charge on any atom is -0.396 e. The molecular formula is C12H15NO4. The van der Waals surface area contributed by atoms with Crippen molar-refractivity contribution in [3.05, 3.63) is 34.9 Å². The van der Waals surface area contributed by atoms with Crippen molar-refractivity contribution in [2.24, 2.45) is 0 Å². The topological polar surface area (TPSA) is 89.8 Å². The van der Waals surface area contributed by atoms with Crippen LogP contribution in [0.1, 0.15) is 34.0 Å². The summed E-state index contributed by atoms with van der Waals surface area (Å²) in [5, 5.41) is 30.8. The van der Waals surface area contributed by atoms with Crippen LogP contribution < -0.4 is 5.32 Å². The predicted octanol–water partition coefficient (Wildman–Crippen LogP) is -0.293. The first-order chi connectivity index (χ1) is 8.13. The first-order valence-electron chi connectivity index (χ1n) is 5.51. The Morgan fingerprint density at radius 1 is 1.35 bits per heavy atom. The molecule has 0 aromatic heterocycles. The highest BCUT2D eigenvalue weighted by Gasteiger charge is 2.23. The van der Waals surface area contributed by atoms with E-state index in [1.54, 1.807) is 18.2 Å². The lowest BCUT2D eigenvalue weighted by molar-refractivity contribution is 0.00419. The second-order valence-corrected chi connectivity index (χ2v) is 4.12. The molecule has 5 heteroatoms. The zero-order chi connectivity index (χ0) is 12.4. The Balaban J connectivity index is 2.20. The molecule has 5 nitrogen and oxygen atoms in total. The monoisotopic (exact) mass is 237 g/mol. The molecule has 0 saturated heterocycles. The summed E-state index contributed by atoms with van der Waals surface area (Å²) in [4.78, 5) is 11.3. The predicted molar refractivity (Wildman–Crippen MR) is 60.3 cm³/mol. The van der Waals surface area contributed by atoms with Gasteiger partial charge in [0.15, 0.2) is 0 Å². The normalized spacial score (nSPS) is 17.5. The Morgan fingerprint density at radius 2 is 2.12 bits per heavy atom. The number of aliphatic hydroxyl groups excluding tert-OH is 3. The average Bonchev–Trinajstić information content (AvgIpc) is 2.70. The summed E-state index contributed by atoms with van der Waals surface area (Å²) in [7, 11) is 0. The molecule has 0 aliphatic carbocycles. The number of rotatable bonds is 4. The zero-order valence-electron chi connectivity index (χ0n) is 9.26. The first-order valence-corrected chi connectivity index (χ1v) is 5.51. The molecule has 92 valence electrons. The van der Waals surface area contributed by atoms with Crippen LogP contribution in [0.25, 0.3) is 0 Å². The summed E-state index contributed by atoms with van der Waals surface area (Å²) in [6.45, 7) is 0.272. The van der Waals surface area contributed by atoms with Crippen LogP contribution in [0.15, 0.2) is 18.2 Å². The Kier molecular flexibility index (Phi) is 3.42. The smallest absolute Gasteiger partial charge is 0.251 e. The van der Waals surface area contributed by atoms with Gasteiger partial charge in [0.25, 0.3) is 5.91 Å². The van der Waals surface area contributed by atoms with Gasteiger partial charge < -0.3 is 20.6 Å². The Morgan fingerprint density at radius 3 is 2.82 bits per heavy atom. The van der Waals surface area contributed by atoms with Crippen LogP contribution in [-0.4, -0.2) is 33.9 Å². The van der Waals surface area contributed by atoms with E-state index in [2.05, 4.69) is 5.32 Å². The largest absolute Gasteiger partial charge is 0.396 e. The van der Waals surface area contributed by atoms with E-state index < -0.39 is 12.2 Å². The summed E-state index contributed by atoms with van der Waals surface area (Å²) in [6, 6.07) is 4.97. The molecule has 0 spiro atoms. The van der Waals surface area contributed by atoms with Gasteiger partial charge in [0, 0.05) is 18.7 Å². The lowest BCUT2D eigenvalue weighted by Crippen LogP contribution is -2.19. The molecule has 2 atom stereocenters. The van der Waals surface area contributed by atoms with Crippen molar-refractivity contribution in [3.63, 3.8) is 0 Å². The number of amides is 1. The van der Waals surface area contributed by atoms with E-state index in [0.717, 1.165) is 5.56 Å². The van der Waals surface area contributed by atoms with E-state index in [1.807, 2.05) is 0 Å². The van der Waals surface area contributed by atoms with E-state index in [4.69, 9.17) is 5.11 Å². The van der Waals surface area contributed by atoms with Crippen LogP contribution in [0.3, 0.4) is 0 Å². The minimum atomic E-state index is -1.04. The number of benzene rings is 1. The van der Waals surface area contributed by atoms with E-state index in [-0.39, 0.29) is 18.9 Å². The van der Waals surface area contributed by atoms with Crippen LogP contribution >= 0.6 is 0 Å². The quantitative estimate of drug-likeness (QED) is 0.579. The Labute approximate surface area is 98.7 Å². The van der Waals surface area contributed by atoms with Crippen molar-refractivity contribution in [3.8, 4) is 0 Å². The second kappa shape index (κ2) is 4.83. The summed E-state index contributed by atoms with van der Waals surface area (Å²) in [6.07, 6.45) is -1.92. The van der Waals surface area contributed by atoms with Crippen LogP contribution in [-0.2, 0) is 6.54 Å². The standard InChI is InChI=1S/C12H15NO4/c14-4-3-10(15)11(16)7-1-2-9-8(5-7)6-13-12(9)17/h1-2,5,10-11,14-16H,3-4,6H2,(H,13,17). The number of hydrogen-bond donors (Lipinski definition) is 4. The maximum Gasteiger partial charge on any atom is 0.251 e. The van der Waals surface area contributed by atoms with Crippen molar-refractivity contribution in [1.82, 2.24) is 5.32 Å². The van der Waals surface area contributed by atoms with Crippen molar-refractivity contribution in [1.29, 1.82) is 0 Å². The van der Waals surface area contributed by atoms with Gasteiger partial charge in [-0.3, -0.25) is 4.79 Å². The molecule has 0 bridgehead atoms. The van der Waals surface area contributed by atoms with Crippen molar-refractivity contribution < 1.29 is 20.1 Å². The molecule has 1 amide bonds. The SMILES string of the molecule is O=C1NCc2cc(C(O)C(O)CCO)ccc21. The van der Waals surface area contributed by atoms with Crippen molar-refractivity contribution >= 4 is 5.91 Å². The summed E-state index contributed by atoms with van der Waals surface area (Å²) in [5.74, 6) is -0.114. The van der Waals surface area contributed by atoms with Gasteiger partial charge in [-0.1, -0.05) is 12.1 Å². The Hall–Kier alpha value is -1.43. The number of nitrogens with one attached hydrogen (secondary N) is 1. The van der Waals surface area contributed by atoms with Gasteiger partial charge in [-0.15, -0.1) is 0 Å². The molecular weight excluding hydrogens is 222 g/mol. The highest BCUT2D eigenvalue weighted by atomic mass is 16.3. The number of carbonyl (C=O) groups excluding carboxylic acids is 1. The third-order valence-corrected chi connectivity index (χ3v) is 2.94. The molecule has 1 aromatic carbocycles. The molecule has 0 radical (unpaired) electrons. The fourth-order valence-corrected chi connectivity index (χ4v) is 1.95. The van der Waals surface area contributed by atoms with E-state index >= 15 is 0 Å². The van der Waals surface area contributed by atoms with Gasteiger partial charge in [0.1, 0.15) is 6.10 Å². The third kappa shape index (κ3) is 2.31. The van der Waals surface area contributed by atoms with Gasteiger partial charge >= 0.3 is 0 Å².